The highest BCUT2D eigenvalue weighted by molar-refractivity contribution is 7.13. The van der Waals surface area contributed by atoms with Gasteiger partial charge in [0.1, 0.15) is 5.51 Å². The number of benzene rings is 1. The van der Waals surface area contributed by atoms with Crippen LogP contribution in [0, 0.1) is 0 Å². The van der Waals surface area contributed by atoms with Crippen LogP contribution in [0.25, 0.3) is 0 Å². The Morgan fingerprint density at radius 2 is 2.15 bits per heavy atom. The summed E-state index contributed by atoms with van der Waals surface area (Å²) in [6.45, 7) is 0.632. The van der Waals surface area contributed by atoms with Crippen molar-refractivity contribution in [2.24, 2.45) is 0 Å². The summed E-state index contributed by atoms with van der Waals surface area (Å²) in [6, 6.07) is 9.95. The van der Waals surface area contributed by atoms with Gasteiger partial charge >= 0.3 is 0 Å². The predicted octanol–water partition coefficient (Wildman–Crippen LogP) is 2.04. The molecule has 0 fully saturated rings. The molecule has 1 aromatic carbocycles. The number of aromatic nitrogens is 4. The lowest BCUT2D eigenvalue weighted by atomic mass is 10.2. The second-order valence-corrected chi connectivity index (χ2v) is 4.94. The first-order valence-electron chi connectivity index (χ1n) is 5.95. The molecule has 1 N–H and O–H groups in total. The first-order chi connectivity index (χ1) is 9.81. The monoisotopic (exact) mass is 285 g/mol. The number of anilines is 1. The van der Waals surface area contributed by atoms with E-state index >= 15 is 0 Å². The van der Waals surface area contributed by atoms with Crippen molar-refractivity contribution in [2.75, 3.05) is 5.32 Å². The molecule has 3 aromatic rings. The van der Waals surface area contributed by atoms with Crippen molar-refractivity contribution in [3.63, 3.8) is 0 Å². The fraction of sp³-hybridized carbons (Fsp3) is 0.0769. The van der Waals surface area contributed by atoms with Crippen LogP contribution in [0.15, 0.2) is 48.2 Å². The highest BCUT2D eigenvalue weighted by atomic mass is 32.1. The van der Waals surface area contributed by atoms with Gasteiger partial charge in [0.2, 0.25) is 5.13 Å². The lowest BCUT2D eigenvalue weighted by molar-refractivity contribution is 0.102. The molecule has 0 saturated carbocycles. The van der Waals surface area contributed by atoms with Gasteiger partial charge in [0.15, 0.2) is 0 Å². The molecule has 0 radical (unpaired) electrons. The van der Waals surface area contributed by atoms with E-state index in [-0.39, 0.29) is 5.91 Å². The van der Waals surface area contributed by atoms with Crippen LogP contribution >= 0.6 is 11.3 Å². The maximum absolute atomic E-state index is 12.0. The molecule has 0 bridgehead atoms. The van der Waals surface area contributed by atoms with Gasteiger partial charge in [-0.05, 0) is 5.56 Å². The molecule has 1 amide bonds. The number of nitrogens with zero attached hydrogens (tertiary/aromatic N) is 4. The number of hydrogen-bond acceptors (Lipinski definition) is 5. The average Bonchev–Trinajstić information content (AvgIpc) is 3.11. The Labute approximate surface area is 119 Å². The summed E-state index contributed by atoms with van der Waals surface area (Å²) >= 11 is 1.27. The molecule has 0 aliphatic heterocycles. The maximum Gasteiger partial charge on any atom is 0.260 e. The quantitative estimate of drug-likeness (QED) is 0.796. The van der Waals surface area contributed by atoms with Crippen LogP contribution in [0.5, 0.6) is 0 Å². The first kappa shape index (κ1) is 12.5. The Morgan fingerprint density at radius 1 is 1.30 bits per heavy atom. The van der Waals surface area contributed by atoms with E-state index in [1.165, 1.54) is 11.3 Å². The van der Waals surface area contributed by atoms with Crippen molar-refractivity contribution in [2.45, 2.75) is 6.54 Å². The van der Waals surface area contributed by atoms with Gasteiger partial charge in [-0.25, -0.2) is 0 Å². The van der Waals surface area contributed by atoms with Crippen LogP contribution in [-0.4, -0.2) is 25.9 Å². The van der Waals surface area contributed by atoms with Crippen LogP contribution in [0.2, 0.25) is 0 Å². The van der Waals surface area contributed by atoms with Crippen molar-refractivity contribution in [3.05, 3.63) is 59.4 Å². The Balaban J connectivity index is 1.69. The molecule has 2 heterocycles. The molecule has 0 atom stereocenters. The van der Waals surface area contributed by atoms with Gasteiger partial charge < -0.3 is 0 Å². The summed E-state index contributed by atoms with van der Waals surface area (Å²) in [4.78, 5) is 12.0. The smallest absolute Gasteiger partial charge is 0.260 e. The summed E-state index contributed by atoms with van der Waals surface area (Å²) in [7, 11) is 0. The first-order valence-corrected chi connectivity index (χ1v) is 6.83. The summed E-state index contributed by atoms with van der Waals surface area (Å²) in [5, 5.41) is 14.8. The van der Waals surface area contributed by atoms with Crippen LogP contribution in [0.4, 0.5) is 5.13 Å². The normalized spacial score (nSPS) is 10.4. The van der Waals surface area contributed by atoms with Gasteiger partial charge in [0, 0.05) is 6.20 Å². The van der Waals surface area contributed by atoms with Crippen LogP contribution in [-0.2, 0) is 6.54 Å². The second-order valence-electron chi connectivity index (χ2n) is 4.11. The third-order valence-electron chi connectivity index (χ3n) is 2.66. The zero-order valence-electron chi connectivity index (χ0n) is 10.4. The molecule has 2 aromatic heterocycles. The van der Waals surface area contributed by atoms with E-state index in [4.69, 9.17) is 0 Å². The molecule has 20 heavy (non-hydrogen) atoms. The molecule has 0 saturated heterocycles. The Bertz CT molecular complexity index is 693. The van der Waals surface area contributed by atoms with E-state index in [0.717, 1.165) is 5.56 Å². The van der Waals surface area contributed by atoms with Gasteiger partial charge in [0.25, 0.3) is 5.91 Å². The minimum atomic E-state index is -0.235. The van der Waals surface area contributed by atoms with Gasteiger partial charge in [-0.2, -0.15) is 5.10 Å². The molecule has 0 aliphatic carbocycles. The molecule has 0 unspecified atom stereocenters. The van der Waals surface area contributed by atoms with Gasteiger partial charge in [-0.1, -0.05) is 41.7 Å². The summed E-state index contributed by atoms with van der Waals surface area (Å²) in [6.07, 6.45) is 3.25. The van der Waals surface area contributed by atoms with Crippen molar-refractivity contribution in [1.29, 1.82) is 0 Å². The zero-order valence-corrected chi connectivity index (χ0v) is 11.2. The Hall–Kier alpha value is -2.54. The van der Waals surface area contributed by atoms with E-state index < -0.39 is 0 Å². The zero-order chi connectivity index (χ0) is 13.8. The van der Waals surface area contributed by atoms with Crippen LogP contribution in [0.1, 0.15) is 15.9 Å². The van der Waals surface area contributed by atoms with Crippen molar-refractivity contribution >= 4 is 22.4 Å². The van der Waals surface area contributed by atoms with Gasteiger partial charge in [0.05, 0.1) is 18.3 Å². The van der Waals surface area contributed by atoms with Crippen LogP contribution < -0.4 is 5.32 Å². The minimum absolute atomic E-state index is 0.235. The van der Waals surface area contributed by atoms with Gasteiger partial charge in [-0.15, -0.1) is 10.2 Å². The molecule has 100 valence electrons. The number of hydrogen-bond donors (Lipinski definition) is 1. The number of carbonyl (C=O) groups is 1. The lowest BCUT2D eigenvalue weighted by Crippen LogP contribution is -2.11. The van der Waals surface area contributed by atoms with E-state index in [1.54, 1.807) is 22.6 Å². The standard InChI is InChI=1S/C13H11N5OS/c19-12(16-13-17-14-9-20-13)11-6-15-18(8-11)7-10-4-2-1-3-5-10/h1-6,8-9H,7H2,(H,16,17,19). The van der Waals surface area contributed by atoms with Gasteiger partial charge in [-0.3, -0.25) is 14.8 Å². The molecule has 7 heteroatoms. The fourth-order valence-corrected chi connectivity index (χ4v) is 2.17. The molecule has 6 nitrogen and oxygen atoms in total. The Kier molecular flexibility index (Phi) is 3.51. The number of nitrogens with one attached hydrogen (secondary N) is 1. The third-order valence-corrected chi connectivity index (χ3v) is 3.27. The lowest BCUT2D eigenvalue weighted by Gasteiger charge is -2.00. The fourth-order valence-electron chi connectivity index (χ4n) is 1.73. The topological polar surface area (TPSA) is 72.7 Å². The van der Waals surface area contributed by atoms with Crippen LogP contribution in [0.3, 0.4) is 0 Å². The number of amides is 1. The largest absolute Gasteiger partial charge is 0.296 e. The van der Waals surface area contributed by atoms with E-state index in [9.17, 15) is 4.79 Å². The highest BCUT2D eigenvalue weighted by Gasteiger charge is 2.10. The SMILES string of the molecule is O=C(Nc1nncs1)c1cnn(Cc2ccccc2)c1. The average molecular weight is 285 g/mol. The number of rotatable bonds is 4. The van der Waals surface area contributed by atoms with Crippen molar-refractivity contribution in [1.82, 2.24) is 20.0 Å². The molecule has 0 spiro atoms. The third kappa shape index (κ3) is 2.89. The molecular formula is C13H11N5OS. The van der Waals surface area contributed by atoms with E-state index in [2.05, 4.69) is 20.6 Å². The summed E-state index contributed by atoms with van der Waals surface area (Å²) < 4.78 is 1.73. The summed E-state index contributed by atoms with van der Waals surface area (Å²) in [5.41, 5.74) is 3.19. The van der Waals surface area contributed by atoms with Crippen molar-refractivity contribution < 1.29 is 4.79 Å². The Morgan fingerprint density at radius 3 is 2.90 bits per heavy atom. The van der Waals surface area contributed by atoms with E-state index in [0.29, 0.717) is 17.2 Å². The van der Waals surface area contributed by atoms with E-state index in [1.807, 2.05) is 30.3 Å². The second kappa shape index (κ2) is 5.62. The predicted molar refractivity (Wildman–Crippen MR) is 75.6 cm³/mol. The molecule has 0 aliphatic rings. The summed E-state index contributed by atoms with van der Waals surface area (Å²) in [5.74, 6) is -0.235. The minimum Gasteiger partial charge on any atom is -0.296 e. The number of carbonyl (C=O) groups excluding carboxylic acids is 1. The highest BCUT2D eigenvalue weighted by Crippen LogP contribution is 2.10. The molecule has 3 rings (SSSR count). The molecular weight excluding hydrogens is 274 g/mol. The maximum atomic E-state index is 12.0. The van der Waals surface area contributed by atoms with Crippen molar-refractivity contribution in [3.8, 4) is 0 Å².